The minimum Gasteiger partial charge on any atom is -0.481 e. The number of benzene rings is 1. The first kappa shape index (κ1) is 14.0. The molecule has 20 heavy (non-hydrogen) atoms. The minimum atomic E-state index is -1.00. The molecule has 1 aliphatic rings. The van der Waals surface area contributed by atoms with Gasteiger partial charge in [0.2, 0.25) is 0 Å². The van der Waals surface area contributed by atoms with Crippen LogP contribution >= 0.6 is 0 Å². The van der Waals surface area contributed by atoms with Gasteiger partial charge in [-0.3, -0.25) is 4.79 Å². The average molecular weight is 275 g/mol. The zero-order chi connectivity index (χ0) is 14.8. The van der Waals surface area contributed by atoms with Crippen LogP contribution in [-0.4, -0.2) is 22.8 Å². The molecule has 2 atom stereocenters. The van der Waals surface area contributed by atoms with Gasteiger partial charge in [0.15, 0.2) is 0 Å². The number of carbonyl (C=O) groups excluding carboxylic acids is 1. The number of nitrogens with zero attached hydrogens (tertiary/aromatic N) is 1. The number of hydrazone groups is 1. The van der Waals surface area contributed by atoms with Crippen LogP contribution in [0.2, 0.25) is 0 Å². The Hall–Kier alpha value is -2.37. The van der Waals surface area contributed by atoms with Gasteiger partial charge in [-0.1, -0.05) is 37.3 Å². The summed E-state index contributed by atoms with van der Waals surface area (Å²) in [5.74, 6) is -1.19. The number of hydrogen-bond acceptors (Lipinski definition) is 3. The van der Waals surface area contributed by atoms with E-state index in [0.717, 1.165) is 5.56 Å². The average Bonchev–Trinajstić information content (AvgIpc) is 2.75. The maximum absolute atomic E-state index is 11.9. The van der Waals surface area contributed by atoms with Crippen molar-refractivity contribution >= 4 is 17.7 Å². The number of hydrogen-bond donors (Lipinski definition) is 3. The normalized spacial score (nSPS) is 27.4. The molecule has 4 N–H and O–H groups in total. The molecule has 1 saturated carbocycles. The summed E-state index contributed by atoms with van der Waals surface area (Å²) < 4.78 is 0. The predicted octanol–water partition coefficient (Wildman–Crippen LogP) is 1.46. The van der Waals surface area contributed by atoms with E-state index >= 15 is 0 Å². The first-order valence-electron chi connectivity index (χ1n) is 6.39. The SMILES string of the molecule is C[C@@H]1/C(=N\NC(N)=O)CC[C@]1(C(=O)O)c1ccccc1. The number of carboxylic acid groups (broad SMARTS) is 1. The molecule has 0 unspecified atom stereocenters. The molecule has 1 aliphatic carbocycles. The first-order valence-corrected chi connectivity index (χ1v) is 6.39. The molecule has 2 amide bonds. The number of nitrogens with one attached hydrogen (secondary N) is 1. The Morgan fingerprint density at radius 3 is 2.60 bits per heavy atom. The highest BCUT2D eigenvalue weighted by atomic mass is 16.4. The summed E-state index contributed by atoms with van der Waals surface area (Å²) in [4.78, 5) is 22.6. The number of primary amides is 1. The van der Waals surface area contributed by atoms with Gasteiger partial charge in [0, 0.05) is 11.6 Å². The van der Waals surface area contributed by atoms with Crippen molar-refractivity contribution in [3.05, 3.63) is 35.9 Å². The number of urea groups is 1. The molecule has 0 saturated heterocycles. The van der Waals surface area contributed by atoms with Crippen molar-refractivity contribution in [1.82, 2.24) is 5.43 Å². The molecule has 1 fully saturated rings. The van der Waals surface area contributed by atoms with Crippen LogP contribution in [-0.2, 0) is 10.2 Å². The monoisotopic (exact) mass is 275 g/mol. The van der Waals surface area contributed by atoms with E-state index < -0.39 is 17.4 Å². The van der Waals surface area contributed by atoms with E-state index in [1.54, 1.807) is 0 Å². The quantitative estimate of drug-likeness (QED) is 0.727. The zero-order valence-electron chi connectivity index (χ0n) is 11.2. The maximum Gasteiger partial charge on any atom is 0.332 e. The number of amides is 2. The lowest BCUT2D eigenvalue weighted by atomic mass is 9.73. The van der Waals surface area contributed by atoms with Gasteiger partial charge in [0.05, 0.1) is 0 Å². The lowest BCUT2D eigenvalue weighted by molar-refractivity contribution is -0.144. The Morgan fingerprint density at radius 2 is 2.05 bits per heavy atom. The molecule has 0 spiro atoms. The second-order valence-corrected chi connectivity index (χ2v) is 4.94. The number of nitrogens with two attached hydrogens (primary N) is 1. The highest BCUT2D eigenvalue weighted by Crippen LogP contribution is 2.44. The molecule has 0 aliphatic heterocycles. The van der Waals surface area contributed by atoms with Crippen molar-refractivity contribution in [1.29, 1.82) is 0 Å². The van der Waals surface area contributed by atoms with E-state index in [1.165, 1.54) is 0 Å². The molecular weight excluding hydrogens is 258 g/mol. The maximum atomic E-state index is 11.9. The fourth-order valence-electron chi connectivity index (χ4n) is 2.87. The van der Waals surface area contributed by atoms with E-state index in [1.807, 2.05) is 37.3 Å². The van der Waals surface area contributed by atoms with Gasteiger partial charge in [-0.15, -0.1) is 0 Å². The molecule has 6 heteroatoms. The lowest BCUT2D eigenvalue weighted by Gasteiger charge is -2.29. The number of carbonyl (C=O) groups is 2. The van der Waals surface area contributed by atoms with E-state index in [0.29, 0.717) is 18.6 Å². The summed E-state index contributed by atoms with van der Waals surface area (Å²) in [7, 11) is 0. The molecule has 0 aromatic heterocycles. The number of carboxylic acids is 1. The Kier molecular flexibility index (Phi) is 3.74. The third-order valence-corrected chi connectivity index (χ3v) is 3.99. The van der Waals surface area contributed by atoms with Gasteiger partial charge in [0.25, 0.3) is 0 Å². The fourth-order valence-corrected chi connectivity index (χ4v) is 2.87. The van der Waals surface area contributed by atoms with Crippen molar-refractivity contribution < 1.29 is 14.7 Å². The third kappa shape index (κ3) is 2.24. The van der Waals surface area contributed by atoms with E-state index in [-0.39, 0.29) is 5.92 Å². The van der Waals surface area contributed by atoms with Crippen LogP contribution in [0.4, 0.5) is 4.79 Å². The fraction of sp³-hybridized carbons (Fsp3) is 0.357. The molecule has 0 radical (unpaired) electrons. The van der Waals surface area contributed by atoms with Crippen molar-refractivity contribution in [2.45, 2.75) is 25.2 Å². The van der Waals surface area contributed by atoms with Crippen LogP contribution in [0.5, 0.6) is 0 Å². The van der Waals surface area contributed by atoms with Crippen LogP contribution in [0, 0.1) is 5.92 Å². The third-order valence-electron chi connectivity index (χ3n) is 3.99. The first-order chi connectivity index (χ1) is 9.48. The van der Waals surface area contributed by atoms with E-state index in [4.69, 9.17) is 5.73 Å². The van der Waals surface area contributed by atoms with Crippen LogP contribution in [0.3, 0.4) is 0 Å². The molecule has 6 nitrogen and oxygen atoms in total. The van der Waals surface area contributed by atoms with Gasteiger partial charge in [-0.05, 0) is 18.4 Å². The van der Waals surface area contributed by atoms with Crippen LogP contribution in [0.15, 0.2) is 35.4 Å². The van der Waals surface area contributed by atoms with E-state index in [2.05, 4.69) is 10.5 Å². The van der Waals surface area contributed by atoms with Crippen molar-refractivity contribution in [2.24, 2.45) is 16.8 Å². The second-order valence-electron chi connectivity index (χ2n) is 4.94. The van der Waals surface area contributed by atoms with Crippen molar-refractivity contribution in [3.63, 3.8) is 0 Å². The number of rotatable bonds is 3. The second kappa shape index (κ2) is 5.32. The predicted molar refractivity (Wildman–Crippen MR) is 74.3 cm³/mol. The lowest BCUT2D eigenvalue weighted by Crippen LogP contribution is -2.40. The number of aliphatic carboxylic acids is 1. The van der Waals surface area contributed by atoms with Gasteiger partial charge in [-0.2, -0.15) is 5.10 Å². The van der Waals surface area contributed by atoms with E-state index in [9.17, 15) is 14.7 Å². The van der Waals surface area contributed by atoms with Crippen molar-refractivity contribution in [2.75, 3.05) is 0 Å². The van der Waals surface area contributed by atoms with Gasteiger partial charge in [0.1, 0.15) is 5.41 Å². The zero-order valence-corrected chi connectivity index (χ0v) is 11.2. The Labute approximate surface area is 116 Å². The topological polar surface area (TPSA) is 105 Å². The smallest absolute Gasteiger partial charge is 0.332 e. The van der Waals surface area contributed by atoms with Crippen molar-refractivity contribution in [3.8, 4) is 0 Å². The molecule has 2 rings (SSSR count). The Bertz CT molecular complexity index is 556. The standard InChI is InChI=1S/C14H17N3O3/c1-9-11(16-17-13(15)20)7-8-14(9,12(18)19)10-5-3-2-4-6-10/h2-6,9H,7-8H2,1H3,(H,18,19)(H3,15,17,20)/b16-11-/t9-,14-/m1/s1. The molecule has 0 heterocycles. The Balaban J connectivity index is 2.39. The minimum absolute atomic E-state index is 0.311. The van der Waals surface area contributed by atoms with Crippen LogP contribution < -0.4 is 11.2 Å². The molecule has 106 valence electrons. The van der Waals surface area contributed by atoms with Gasteiger partial charge in [-0.25, -0.2) is 10.2 Å². The summed E-state index contributed by atoms with van der Waals surface area (Å²) in [5.41, 5.74) is 7.56. The van der Waals surface area contributed by atoms with Crippen LogP contribution in [0.1, 0.15) is 25.3 Å². The highest BCUT2D eigenvalue weighted by molar-refractivity contribution is 5.99. The molecular formula is C14H17N3O3. The Morgan fingerprint density at radius 1 is 1.40 bits per heavy atom. The van der Waals surface area contributed by atoms with Gasteiger partial charge >= 0.3 is 12.0 Å². The largest absolute Gasteiger partial charge is 0.481 e. The molecule has 1 aromatic rings. The summed E-state index contributed by atoms with van der Waals surface area (Å²) >= 11 is 0. The molecule has 0 bridgehead atoms. The summed E-state index contributed by atoms with van der Waals surface area (Å²) in [6, 6.07) is 8.37. The van der Waals surface area contributed by atoms with Gasteiger partial charge < -0.3 is 10.8 Å². The van der Waals surface area contributed by atoms with Crippen LogP contribution in [0.25, 0.3) is 0 Å². The molecule has 1 aromatic carbocycles. The summed E-state index contributed by atoms with van der Waals surface area (Å²) in [6.45, 7) is 1.82. The highest BCUT2D eigenvalue weighted by Gasteiger charge is 2.51. The summed E-state index contributed by atoms with van der Waals surface area (Å²) in [5, 5.41) is 13.7. The summed E-state index contributed by atoms with van der Waals surface area (Å²) in [6.07, 6.45) is 0.968.